The number of rotatable bonds is 12. The van der Waals surface area contributed by atoms with E-state index in [1.807, 2.05) is 78.9 Å². The normalized spacial score (nSPS) is 11.5. The van der Waals surface area contributed by atoms with Gasteiger partial charge in [-0.25, -0.2) is 28.7 Å². The minimum Gasteiger partial charge on any atom is -0.453 e. The fraction of sp³-hybridized carbons (Fsp3) is 0.125. The molecule has 0 aliphatic carbocycles. The van der Waals surface area contributed by atoms with Crippen molar-refractivity contribution in [3.05, 3.63) is 97.1 Å². The molecule has 0 spiro atoms. The topological polar surface area (TPSA) is 246 Å². The van der Waals surface area contributed by atoms with Crippen LogP contribution in [0.3, 0.4) is 0 Å². The Balaban J connectivity index is 0.000000208. The number of carbonyl (C=O) groups is 2. The number of anilines is 2. The van der Waals surface area contributed by atoms with Crippen LogP contribution in [0, 0.1) is 0 Å². The van der Waals surface area contributed by atoms with E-state index < -0.39 is 41.3 Å². The number of nitrogens with zero attached hydrogens (tertiary/aromatic N) is 4. The predicted molar refractivity (Wildman–Crippen MR) is 199 cm³/mol. The number of imidazole rings is 2. The van der Waals surface area contributed by atoms with Crippen LogP contribution >= 0.6 is 39.2 Å². The van der Waals surface area contributed by atoms with Crippen LogP contribution in [-0.2, 0) is 41.1 Å². The van der Waals surface area contributed by atoms with Crippen molar-refractivity contribution >= 4 is 85.3 Å². The van der Waals surface area contributed by atoms with Gasteiger partial charge in [-0.2, -0.15) is 0 Å². The Morgan fingerprint density at radius 2 is 1.06 bits per heavy atom. The minimum absolute atomic E-state index is 0.0483. The molecule has 2 heterocycles. The Morgan fingerprint density at radius 1 is 0.611 bits per heavy atom. The fourth-order valence-electron chi connectivity index (χ4n) is 4.59. The maximum Gasteiger partial charge on any atom is 0.471 e. The fourth-order valence-corrected chi connectivity index (χ4v) is 6.87. The van der Waals surface area contributed by atoms with Crippen molar-refractivity contribution in [2.75, 3.05) is 24.9 Å². The van der Waals surface area contributed by atoms with E-state index in [4.69, 9.17) is 19.6 Å². The van der Waals surface area contributed by atoms with Gasteiger partial charge in [0.2, 0.25) is 11.9 Å². The van der Waals surface area contributed by atoms with Crippen LogP contribution in [0.1, 0.15) is 0 Å². The van der Waals surface area contributed by atoms with E-state index in [-0.39, 0.29) is 11.9 Å². The third-order valence-corrected chi connectivity index (χ3v) is 9.80. The molecule has 0 aliphatic rings. The molecule has 0 fully saturated rings. The largest absolute Gasteiger partial charge is 0.471 e. The molecule has 0 aliphatic heterocycles. The minimum atomic E-state index is -4.71. The zero-order chi connectivity index (χ0) is 38.9. The molecule has 22 heteroatoms. The van der Waals surface area contributed by atoms with Crippen molar-refractivity contribution in [3.63, 3.8) is 0 Å². The number of hydrogen-bond donors (Lipinski definition) is 6. The van der Waals surface area contributed by atoms with E-state index in [1.54, 1.807) is 18.2 Å². The molecule has 0 saturated heterocycles. The van der Waals surface area contributed by atoms with Crippen LogP contribution in [-0.4, -0.2) is 65.1 Å². The van der Waals surface area contributed by atoms with Crippen LogP contribution in [0.4, 0.5) is 21.5 Å². The Morgan fingerprint density at radius 3 is 1.54 bits per heavy atom. The third kappa shape index (κ3) is 11.6. The summed E-state index contributed by atoms with van der Waals surface area (Å²) < 4.78 is 43.0. The second-order valence-corrected chi connectivity index (χ2v) is 15.4. The Hall–Kier alpha value is -4.72. The lowest BCUT2D eigenvalue weighted by Crippen LogP contribution is -2.16. The number of phosphoric acid groups is 2. The van der Waals surface area contributed by atoms with Gasteiger partial charge in [-0.3, -0.25) is 28.8 Å². The molecule has 0 radical (unpaired) electrons. The molecule has 0 unspecified atom stereocenters. The van der Waals surface area contributed by atoms with Gasteiger partial charge < -0.3 is 29.0 Å². The van der Waals surface area contributed by atoms with Crippen LogP contribution < -0.4 is 10.6 Å². The molecule has 18 nitrogen and oxygen atoms in total. The molecular formula is C32H32N6O12P2S2. The van der Waals surface area contributed by atoms with Gasteiger partial charge in [-0.05, 0) is 60.7 Å². The number of ether oxygens (including phenoxy) is 2. The van der Waals surface area contributed by atoms with Gasteiger partial charge in [0, 0.05) is 19.6 Å². The molecule has 6 rings (SSSR count). The predicted octanol–water partition coefficient (Wildman–Crippen LogP) is 6.87. The van der Waals surface area contributed by atoms with E-state index >= 15 is 0 Å². The van der Waals surface area contributed by atoms with Gasteiger partial charge >= 0.3 is 27.8 Å². The highest BCUT2D eigenvalue weighted by Gasteiger charge is 2.21. The van der Waals surface area contributed by atoms with E-state index in [9.17, 15) is 18.7 Å². The van der Waals surface area contributed by atoms with Gasteiger partial charge in [-0.15, -0.1) is 0 Å². The highest BCUT2D eigenvalue weighted by molar-refractivity contribution is 7.99. The Kier molecular flexibility index (Phi) is 13.5. The monoisotopic (exact) mass is 818 g/mol. The molecule has 0 saturated carbocycles. The average Bonchev–Trinajstić information content (AvgIpc) is 3.65. The standard InChI is InChI=1S/2C16H16N3O6PS/c1-24-16(20)18-15-17-13-9-12(27-11-5-3-2-4-6-11)7-8-14(13)19(15)10-25-26(21,22)23;1-24-16(20)18-15-17-13-8-7-12(27-11-5-3-2-4-6-11)9-14(13)19(15)10-25-26(21,22)23/h2*2-9H,10H2,1H3,(H,17,18,20)(H2,21,22,23). The number of hydrogen-bond acceptors (Lipinski definition) is 12. The molecule has 284 valence electrons. The number of fused-ring (bicyclic) bond motifs is 2. The van der Waals surface area contributed by atoms with Crippen LogP contribution in [0.5, 0.6) is 0 Å². The maximum atomic E-state index is 11.5. The van der Waals surface area contributed by atoms with Gasteiger partial charge in [0.25, 0.3) is 0 Å². The third-order valence-electron chi connectivity index (χ3n) is 6.91. The molecule has 0 bridgehead atoms. The summed E-state index contributed by atoms with van der Waals surface area (Å²) in [5.41, 5.74) is 2.12. The SMILES string of the molecule is COC(=O)Nc1nc2cc(Sc3ccccc3)ccc2n1COP(=O)(O)O.COC(=O)Nc1nc2ccc(Sc3ccccc3)cc2n1COP(=O)(O)O. The quantitative estimate of drug-likeness (QED) is 0.0690. The molecule has 2 aromatic heterocycles. The lowest BCUT2D eigenvalue weighted by Gasteiger charge is -2.11. The summed E-state index contributed by atoms with van der Waals surface area (Å²) in [4.78, 5) is 71.4. The second-order valence-electron chi connectivity index (χ2n) is 10.6. The zero-order valence-electron chi connectivity index (χ0n) is 28.2. The summed E-state index contributed by atoms with van der Waals surface area (Å²) >= 11 is 3.05. The first-order chi connectivity index (χ1) is 25.7. The van der Waals surface area contributed by atoms with E-state index in [1.165, 1.54) is 46.9 Å². The highest BCUT2D eigenvalue weighted by Crippen LogP contribution is 2.39. The number of benzene rings is 4. The summed E-state index contributed by atoms with van der Waals surface area (Å²) in [6.07, 6.45) is -1.52. The van der Waals surface area contributed by atoms with Crippen LogP contribution in [0.2, 0.25) is 0 Å². The molecule has 2 amide bonds. The summed E-state index contributed by atoms with van der Waals surface area (Å²) in [5.74, 6) is 0.0966. The lowest BCUT2D eigenvalue weighted by molar-refractivity contribution is 0.155. The first kappa shape index (κ1) is 40.5. The van der Waals surface area contributed by atoms with Crippen molar-refractivity contribution < 1.29 is 56.8 Å². The molecular weight excluding hydrogens is 786 g/mol. The number of methoxy groups -OCH3 is 2. The number of phosphoric ester groups is 2. The van der Waals surface area contributed by atoms with Crippen molar-refractivity contribution in [3.8, 4) is 0 Å². The molecule has 6 N–H and O–H groups in total. The van der Waals surface area contributed by atoms with Crippen molar-refractivity contribution in [2.24, 2.45) is 0 Å². The summed E-state index contributed by atoms with van der Waals surface area (Å²) in [6.45, 7) is -0.995. The average molecular weight is 819 g/mol. The lowest BCUT2D eigenvalue weighted by atomic mass is 10.3. The highest BCUT2D eigenvalue weighted by atomic mass is 32.2. The second kappa shape index (κ2) is 18.1. The van der Waals surface area contributed by atoms with Gasteiger partial charge in [0.1, 0.15) is 13.5 Å². The van der Waals surface area contributed by atoms with Gasteiger partial charge in [0.05, 0.1) is 36.3 Å². The Labute approximate surface area is 315 Å². The first-order valence-electron chi connectivity index (χ1n) is 15.3. The summed E-state index contributed by atoms with van der Waals surface area (Å²) in [7, 11) is -7.01. The molecule has 6 aromatic rings. The Bertz CT molecular complexity index is 2320. The van der Waals surface area contributed by atoms with Gasteiger partial charge in [0.15, 0.2) is 0 Å². The number of amides is 2. The van der Waals surface area contributed by atoms with Crippen LogP contribution in [0.25, 0.3) is 22.1 Å². The number of nitrogens with one attached hydrogen (secondary N) is 2. The van der Waals surface area contributed by atoms with E-state index in [0.717, 1.165) is 19.6 Å². The summed E-state index contributed by atoms with van der Waals surface area (Å²) in [5, 5.41) is 4.81. The maximum absolute atomic E-state index is 11.5. The molecule has 0 atom stereocenters. The molecule has 4 aromatic carbocycles. The van der Waals surface area contributed by atoms with Crippen molar-refractivity contribution in [1.82, 2.24) is 19.1 Å². The number of aromatic nitrogens is 4. The number of carbonyl (C=O) groups excluding carboxylic acids is 2. The summed E-state index contributed by atoms with van der Waals surface area (Å²) in [6, 6.07) is 30.3. The van der Waals surface area contributed by atoms with Crippen molar-refractivity contribution in [2.45, 2.75) is 33.0 Å². The van der Waals surface area contributed by atoms with Crippen LogP contribution in [0.15, 0.2) is 117 Å². The zero-order valence-corrected chi connectivity index (χ0v) is 31.6. The van der Waals surface area contributed by atoms with Gasteiger partial charge in [-0.1, -0.05) is 59.9 Å². The smallest absolute Gasteiger partial charge is 0.453 e. The first-order valence-corrected chi connectivity index (χ1v) is 20.0. The van der Waals surface area contributed by atoms with Crippen molar-refractivity contribution in [1.29, 1.82) is 0 Å². The van der Waals surface area contributed by atoms with E-state index in [2.05, 4.69) is 39.1 Å². The van der Waals surface area contributed by atoms with E-state index in [0.29, 0.717) is 22.1 Å². The molecule has 54 heavy (non-hydrogen) atoms.